The van der Waals surface area contributed by atoms with Gasteiger partial charge < -0.3 is 10.1 Å². The number of rotatable bonds is 6. The van der Waals surface area contributed by atoms with E-state index in [2.05, 4.69) is 5.32 Å². The maximum absolute atomic E-state index is 13.1. The molecule has 0 bridgehead atoms. The third-order valence-electron chi connectivity index (χ3n) is 4.90. The number of sulfonamides is 1. The molecule has 1 saturated heterocycles. The van der Waals surface area contributed by atoms with Crippen LogP contribution in [0.1, 0.15) is 35.2 Å². The van der Waals surface area contributed by atoms with E-state index in [0.717, 1.165) is 31.4 Å². The summed E-state index contributed by atoms with van der Waals surface area (Å²) in [5, 5.41) is 2.42. The second-order valence-electron chi connectivity index (χ2n) is 7.19. The second kappa shape index (κ2) is 9.76. The normalized spacial score (nSPS) is 14.8. The van der Waals surface area contributed by atoms with E-state index in [9.17, 15) is 22.4 Å². The number of hydrogen-bond donors (Lipinski definition) is 1. The molecule has 1 N–H and O–H groups in total. The van der Waals surface area contributed by atoms with E-state index in [1.807, 2.05) is 0 Å². The van der Waals surface area contributed by atoms with Crippen LogP contribution in [0.3, 0.4) is 0 Å². The molecule has 1 aliphatic heterocycles. The minimum absolute atomic E-state index is 0.00534. The number of carbonyl (C=O) groups is 2. The van der Waals surface area contributed by atoms with Crippen LogP contribution in [0.5, 0.6) is 0 Å². The Bertz CT molecular complexity index is 1100. The number of amides is 1. The first-order valence-corrected chi connectivity index (χ1v) is 11.5. The van der Waals surface area contributed by atoms with Crippen LogP contribution in [0.25, 0.3) is 0 Å². The number of nitrogens with zero attached hydrogens (tertiary/aromatic N) is 1. The van der Waals surface area contributed by atoms with Crippen molar-refractivity contribution in [3.63, 3.8) is 0 Å². The Morgan fingerprint density at radius 3 is 2.52 bits per heavy atom. The lowest BCUT2D eigenvalue weighted by atomic mass is 10.1. The lowest BCUT2D eigenvalue weighted by molar-refractivity contribution is -0.119. The number of esters is 1. The van der Waals surface area contributed by atoms with Gasteiger partial charge in [0.25, 0.3) is 5.91 Å². The molecular formula is C21H22ClFN2O5S. The fourth-order valence-electron chi connectivity index (χ4n) is 3.24. The van der Waals surface area contributed by atoms with Gasteiger partial charge in [-0.1, -0.05) is 24.1 Å². The van der Waals surface area contributed by atoms with Gasteiger partial charge >= 0.3 is 5.97 Å². The quantitative estimate of drug-likeness (QED) is 0.651. The monoisotopic (exact) mass is 468 g/mol. The largest absolute Gasteiger partial charge is 0.452 e. The maximum Gasteiger partial charge on any atom is 0.338 e. The van der Waals surface area contributed by atoms with Gasteiger partial charge in [0.05, 0.1) is 21.2 Å². The van der Waals surface area contributed by atoms with Crippen molar-refractivity contribution in [3.05, 3.63) is 58.4 Å². The van der Waals surface area contributed by atoms with Crippen molar-refractivity contribution in [2.45, 2.75) is 31.1 Å². The molecule has 0 radical (unpaired) electrons. The average molecular weight is 469 g/mol. The summed E-state index contributed by atoms with van der Waals surface area (Å²) in [5.74, 6) is -2.06. The number of nitrogens with one attached hydrogen (secondary N) is 1. The van der Waals surface area contributed by atoms with Gasteiger partial charge in [0.1, 0.15) is 5.82 Å². The van der Waals surface area contributed by atoms with Crippen molar-refractivity contribution in [1.82, 2.24) is 4.31 Å². The first-order chi connectivity index (χ1) is 14.7. The summed E-state index contributed by atoms with van der Waals surface area (Å²) in [6, 6.07) is 7.71. The van der Waals surface area contributed by atoms with E-state index in [1.165, 1.54) is 28.6 Å². The SMILES string of the molecule is Cc1ccc(C(=O)OCC(=O)Nc2ccc(F)cc2Cl)cc1S(=O)(=O)N1CCCCC1. The first-order valence-electron chi connectivity index (χ1n) is 9.71. The van der Waals surface area contributed by atoms with E-state index in [4.69, 9.17) is 16.3 Å². The molecule has 1 fully saturated rings. The van der Waals surface area contributed by atoms with Crippen LogP contribution in [0.15, 0.2) is 41.3 Å². The maximum atomic E-state index is 13.1. The molecule has 7 nitrogen and oxygen atoms in total. The second-order valence-corrected chi connectivity index (χ2v) is 9.51. The molecular weight excluding hydrogens is 447 g/mol. The molecule has 0 aliphatic carbocycles. The smallest absolute Gasteiger partial charge is 0.338 e. The summed E-state index contributed by atoms with van der Waals surface area (Å²) in [5.41, 5.74) is 0.717. The van der Waals surface area contributed by atoms with Gasteiger partial charge in [-0.2, -0.15) is 4.31 Å². The van der Waals surface area contributed by atoms with Crippen molar-refractivity contribution in [1.29, 1.82) is 0 Å². The molecule has 0 saturated carbocycles. The number of aryl methyl sites for hydroxylation is 1. The third kappa shape index (κ3) is 5.61. The zero-order chi connectivity index (χ0) is 22.6. The predicted molar refractivity (Wildman–Crippen MR) is 114 cm³/mol. The number of carbonyl (C=O) groups excluding carboxylic acids is 2. The molecule has 0 aromatic heterocycles. The van der Waals surface area contributed by atoms with Crippen molar-refractivity contribution in [2.75, 3.05) is 25.0 Å². The number of halogens is 2. The zero-order valence-electron chi connectivity index (χ0n) is 16.9. The molecule has 0 atom stereocenters. The van der Waals surface area contributed by atoms with E-state index >= 15 is 0 Å². The number of ether oxygens (including phenoxy) is 1. The Labute approximate surface area is 185 Å². The fraction of sp³-hybridized carbons (Fsp3) is 0.333. The van der Waals surface area contributed by atoms with Crippen molar-refractivity contribution in [2.24, 2.45) is 0 Å². The van der Waals surface area contributed by atoms with E-state index in [0.29, 0.717) is 18.7 Å². The highest BCUT2D eigenvalue weighted by Gasteiger charge is 2.28. The first kappa shape index (κ1) is 23.2. The molecule has 10 heteroatoms. The van der Waals surface area contributed by atoms with Gasteiger partial charge in [-0.25, -0.2) is 17.6 Å². The summed E-state index contributed by atoms with van der Waals surface area (Å²) in [4.78, 5) is 24.5. The van der Waals surface area contributed by atoms with Crippen LogP contribution < -0.4 is 5.32 Å². The van der Waals surface area contributed by atoms with Gasteiger partial charge in [-0.05, 0) is 55.7 Å². The minimum Gasteiger partial charge on any atom is -0.452 e. The summed E-state index contributed by atoms with van der Waals surface area (Å²) < 4.78 is 45.5. The van der Waals surface area contributed by atoms with Crippen LogP contribution in [0.4, 0.5) is 10.1 Å². The number of piperidine rings is 1. The zero-order valence-corrected chi connectivity index (χ0v) is 18.4. The Hall–Kier alpha value is -2.49. The minimum atomic E-state index is -3.73. The van der Waals surface area contributed by atoms with E-state index in [-0.39, 0.29) is 21.2 Å². The van der Waals surface area contributed by atoms with Crippen molar-refractivity contribution >= 4 is 39.2 Å². The van der Waals surface area contributed by atoms with Gasteiger partial charge in [0.15, 0.2) is 6.61 Å². The molecule has 3 rings (SSSR count). The highest BCUT2D eigenvalue weighted by molar-refractivity contribution is 7.89. The van der Waals surface area contributed by atoms with Crippen LogP contribution in [0, 0.1) is 12.7 Å². The highest BCUT2D eigenvalue weighted by Crippen LogP contribution is 2.25. The molecule has 0 unspecified atom stereocenters. The lowest BCUT2D eigenvalue weighted by Crippen LogP contribution is -2.36. The number of benzene rings is 2. The fourth-order valence-corrected chi connectivity index (χ4v) is 5.22. The van der Waals surface area contributed by atoms with Crippen LogP contribution in [0.2, 0.25) is 5.02 Å². The van der Waals surface area contributed by atoms with Gasteiger partial charge in [0, 0.05) is 13.1 Å². The number of hydrogen-bond acceptors (Lipinski definition) is 5. The van der Waals surface area contributed by atoms with Gasteiger partial charge in [-0.3, -0.25) is 4.79 Å². The average Bonchev–Trinajstić information content (AvgIpc) is 2.75. The molecule has 1 amide bonds. The Kier molecular flexibility index (Phi) is 7.30. The molecule has 2 aromatic rings. The molecule has 2 aromatic carbocycles. The molecule has 1 heterocycles. The highest BCUT2D eigenvalue weighted by atomic mass is 35.5. The van der Waals surface area contributed by atoms with E-state index in [1.54, 1.807) is 6.92 Å². The Balaban J connectivity index is 1.68. The van der Waals surface area contributed by atoms with Gasteiger partial charge in [-0.15, -0.1) is 0 Å². The van der Waals surface area contributed by atoms with E-state index < -0.39 is 34.3 Å². The standard InChI is InChI=1S/C21H22ClFN2O5S/c1-14-5-6-15(11-19(14)31(28,29)25-9-3-2-4-10-25)21(27)30-13-20(26)24-18-8-7-16(23)12-17(18)22/h5-8,11-12H,2-4,9-10,13H2,1H3,(H,24,26). The van der Waals surface area contributed by atoms with Crippen molar-refractivity contribution < 1.29 is 27.1 Å². The number of anilines is 1. The van der Waals surface area contributed by atoms with Gasteiger partial charge in [0.2, 0.25) is 10.0 Å². The van der Waals surface area contributed by atoms with Crippen LogP contribution in [-0.2, 0) is 19.6 Å². The van der Waals surface area contributed by atoms with Crippen molar-refractivity contribution in [3.8, 4) is 0 Å². The lowest BCUT2D eigenvalue weighted by Gasteiger charge is -2.26. The molecule has 166 valence electrons. The summed E-state index contributed by atoms with van der Waals surface area (Å²) in [7, 11) is -3.73. The molecule has 0 spiro atoms. The van der Waals surface area contributed by atoms with Crippen LogP contribution in [-0.4, -0.2) is 44.3 Å². The topological polar surface area (TPSA) is 92.8 Å². The van der Waals surface area contributed by atoms with Crippen LogP contribution >= 0.6 is 11.6 Å². The predicted octanol–water partition coefficient (Wildman–Crippen LogP) is 3.76. The summed E-state index contributed by atoms with van der Waals surface area (Å²) in [6.45, 7) is 1.94. The molecule has 1 aliphatic rings. The summed E-state index contributed by atoms with van der Waals surface area (Å²) >= 11 is 5.85. The Morgan fingerprint density at radius 1 is 1.13 bits per heavy atom. The molecule has 31 heavy (non-hydrogen) atoms. The summed E-state index contributed by atoms with van der Waals surface area (Å²) in [6.07, 6.45) is 2.59. The third-order valence-corrected chi connectivity index (χ3v) is 7.25. The Morgan fingerprint density at radius 2 is 1.84 bits per heavy atom.